The first-order valence-electron chi connectivity index (χ1n) is 5.21. The summed E-state index contributed by atoms with van der Waals surface area (Å²) in [6, 6.07) is 0. The fourth-order valence-corrected chi connectivity index (χ4v) is 2.88. The van der Waals surface area contributed by atoms with Crippen molar-refractivity contribution in [3.63, 3.8) is 0 Å². The molecule has 0 amide bonds. The molecule has 0 radical (unpaired) electrons. The van der Waals surface area contributed by atoms with E-state index >= 15 is 0 Å². The molecule has 88 valence electrons. The van der Waals surface area contributed by atoms with Gasteiger partial charge in [-0.25, -0.2) is 15.8 Å². The second-order valence-corrected chi connectivity index (χ2v) is 4.85. The summed E-state index contributed by atoms with van der Waals surface area (Å²) in [6.07, 6.45) is 3.65. The van der Waals surface area contributed by atoms with Gasteiger partial charge in [0, 0.05) is 30.3 Å². The molecule has 3 N–H and O–H groups in total. The number of nitrogens with one attached hydrogen (secondary N) is 1. The van der Waals surface area contributed by atoms with Crippen LogP contribution in [0.25, 0.3) is 11.4 Å². The van der Waals surface area contributed by atoms with Gasteiger partial charge < -0.3 is 5.43 Å². The Morgan fingerprint density at radius 1 is 1.41 bits per heavy atom. The van der Waals surface area contributed by atoms with Crippen LogP contribution in [0.3, 0.4) is 0 Å². The Hall–Kier alpha value is -1.60. The van der Waals surface area contributed by atoms with Gasteiger partial charge >= 0.3 is 0 Å². The van der Waals surface area contributed by atoms with Gasteiger partial charge in [0.25, 0.3) is 0 Å². The van der Waals surface area contributed by atoms with Crippen molar-refractivity contribution >= 4 is 17.6 Å². The van der Waals surface area contributed by atoms with Gasteiger partial charge in [0.2, 0.25) is 0 Å². The van der Waals surface area contributed by atoms with E-state index in [1.807, 2.05) is 25.0 Å². The molecular formula is C10H12N6S. The summed E-state index contributed by atoms with van der Waals surface area (Å²) >= 11 is 1.82. The number of anilines is 1. The molecule has 0 saturated heterocycles. The minimum absolute atomic E-state index is 0.673. The van der Waals surface area contributed by atoms with E-state index in [1.165, 1.54) is 0 Å². The molecule has 3 heterocycles. The number of hydrogen-bond donors (Lipinski definition) is 2. The molecule has 0 unspecified atom stereocenters. The Morgan fingerprint density at radius 2 is 2.29 bits per heavy atom. The van der Waals surface area contributed by atoms with Crippen molar-refractivity contribution in [3.8, 4) is 11.4 Å². The molecule has 2 aromatic rings. The lowest BCUT2D eigenvalue weighted by Gasteiger charge is -2.07. The lowest BCUT2D eigenvalue weighted by molar-refractivity contribution is 0.768. The third-order valence-corrected chi connectivity index (χ3v) is 3.65. The molecule has 17 heavy (non-hydrogen) atoms. The summed E-state index contributed by atoms with van der Waals surface area (Å²) in [5.41, 5.74) is 5.74. The van der Waals surface area contributed by atoms with Crippen LogP contribution < -0.4 is 11.3 Å². The van der Waals surface area contributed by atoms with Crippen molar-refractivity contribution in [2.75, 3.05) is 5.43 Å². The van der Waals surface area contributed by atoms with Crippen molar-refractivity contribution < 1.29 is 0 Å². The smallest absolute Gasteiger partial charge is 0.165 e. The standard InChI is InChI=1S/C10H12N6S/c1-16-3-6(2-12-16)9-13-8-5-17-4-7(8)10(14-9)15-11/h2-3H,4-5,11H2,1H3,(H,13,14,15). The molecule has 6 nitrogen and oxygen atoms in total. The summed E-state index contributed by atoms with van der Waals surface area (Å²) in [6.45, 7) is 0. The van der Waals surface area contributed by atoms with Crippen LogP contribution in [0, 0.1) is 0 Å². The molecule has 2 aromatic heterocycles. The monoisotopic (exact) mass is 248 g/mol. The van der Waals surface area contributed by atoms with Crippen LogP contribution >= 0.6 is 11.8 Å². The van der Waals surface area contributed by atoms with Gasteiger partial charge in [-0.15, -0.1) is 0 Å². The number of nitrogen functional groups attached to an aromatic ring is 1. The molecule has 3 rings (SSSR count). The quantitative estimate of drug-likeness (QED) is 0.607. The molecular weight excluding hydrogens is 236 g/mol. The maximum Gasteiger partial charge on any atom is 0.165 e. The van der Waals surface area contributed by atoms with Gasteiger partial charge in [-0.2, -0.15) is 16.9 Å². The van der Waals surface area contributed by atoms with Crippen molar-refractivity contribution in [2.45, 2.75) is 11.5 Å². The maximum atomic E-state index is 5.50. The Labute approximate surface area is 103 Å². The number of hydrazine groups is 1. The lowest BCUT2D eigenvalue weighted by atomic mass is 10.2. The van der Waals surface area contributed by atoms with Crippen LogP contribution in [-0.4, -0.2) is 19.7 Å². The van der Waals surface area contributed by atoms with Crippen molar-refractivity contribution in [1.29, 1.82) is 0 Å². The van der Waals surface area contributed by atoms with Crippen molar-refractivity contribution in [1.82, 2.24) is 19.7 Å². The van der Waals surface area contributed by atoms with Gasteiger partial charge in [0.05, 0.1) is 17.5 Å². The number of nitrogens with two attached hydrogens (primary N) is 1. The molecule has 0 atom stereocenters. The third-order valence-electron chi connectivity index (χ3n) is 2.68. The van der Waals surface area contributed by atoms with Gasteiger partial charge in [-0.3, -0.25) is 4.68 Å². The number of aromatic nitrogens is 4. The zero-order valence-corrected chi connectivity index (χ0v) is 10.2. The van der Waals surface area contributed by atoms with Gasteiger partial charge in [0.1, 0.15) is 5.82 Å². The molecule has 1 aliphatic rings. The van der Waals surface area contributed by atoms with E-state index in [2.05, 4.69) is 20.5 Å². The van der Waals surface area contributed by atoms with Crippen molar-refractivity contribution in [3.05, 3.63) is 23.7 Å². The average molecular weight is 248 g/mol. The highest BCUT2D eigenvalue weighted by Gasteiger charge is 2.20. The number of nitrogens with zero attached hydrogens (tertiary/aromatic N) is 4. The van der Waals surface area contributed by atoms with Crippen LogP contribution in [0.15, 0.2) is 12.4 Å². The predicted octanol–water partition coefficient (Wildman–Crippen LogP) is 0.909. The first kappa shape index (κ1) is 10.5. The Bertz CT molecular complexity index is 564. The van der Waals surface area contributed by atoms with E-state index in [0.29, 0.717) is 5.82 Å². The molecule has 0 aromatic carbocycles. The molecule has 1 aliphatic heterocycles. The topological polar surface area (TPSA) is 81.7 Å². The largest absolute Gasteiger partial charge is 0.308 e. The van der Waals surface area contributed by atoms with Crippen LogP contribution in [0.1, 0.15) is 11.3 Å². The highest BCUT2D eigenvalue weighted by atomic mass is 32.2. The summed E-state index contributed by atoms with van der Waals surface area (Å²) in [5.74, 6) is 8.73. The van der Waals surface area contributed by atoms with Crippen LogP contribution in [0.5, 0.6) is 0 Å². The van der Waals surface area contributed by atoms with E-state index in [9.17, 15) is 0 Å². The van der Waals surface area contributed by atoms with Gasteiger partial charge in [-0.05, 0) is 0 Å². The summed E-state index contributed by atoms with van der Waals surface area (Å²) < 4.78 is 1.73. The molecule has 0 saturated carbocycles. The number of fused-ring (bicyclic) bond motifs is 1. The molecule has 7 heteroatoms. The first-order chi connectivity index (χ1) is 8.28. The number of rotatable bonds is 2. The van der Waals surface area contributed by atoms with Crippen LogP contribution in [0.2, 0.25) is 0 Å². The number of aryl methyl sites for hydroxylation is 1. The lowest BCUT2D eigenvalue weighted by Crippen LogP contribution is -2.12. The highest BCUT2D eigenvalue weighted by molar-refractivity contribution is 7.98. The second kappa shape index (κ2) is 4.01. The van der Waals surface area contributed by atoms with E-state index in [1.54, 1.807) is 10.9 Å². The van der Waals surface area contributed by atoms with E-state index in [4.69, 9.17) is 5.84 Å². The zero-order chi connectivity index (χ0) is 11.8. The summed E-state index contributed by atoms with van der Waals surface area (Å²) in [7, 11) is 1.87. The van der Waals surface area contributed by atoms with Crippen molar-refractivity contribution in [2.24, 2.45) is 12.9 Å². The Balaban J connectivity index is 2.12. The summed E-state index contributed by atoms with van der Waals surface area (Å²) in [5, 5.41) is 4.12. The first-order valence-corrected chi connectivity index (χ1v) is 6.36. The number of thioether (sulfide) groups is 1. The van der Waals surface area contributed by atoms with E-state index in [0.717, 1.165) is 34.1 Å². The van der Waals surface area contributed by atoms with E-state index in [-0.39, 0.29) is 0 Å². The maximum absolute atomic E-state index is 5.50. The SMILES string of the molecule is Cn1cc(-c2nc3c(c(NN)n2)CSC3)cn1. The summed E-state index contributed by atoms with van der Waals surface area (Å²) in [4.78, 5) is 9.00. The molecule has 0 fully saturated rings. The third kappa shape index (κ3) is 1.77. The fourth-order valence-electron chi connectivity index (χ4n) is 1.84. The minimum atomic E-state index is 0.673. The average Bonchev–Trinajstić information content (AvgIpc) is 2.95. The Morgan fingerprint density at radius 3 is 3.00 bits per heavy atom. The minimum Gasteiger partial charge on any atom is -0.308 e. The predicted molar refractivity (Wildman–Crippen MR) is 67.0 cm³/mol. The highest BCUT2D eigenvalue weighted by Crippen LogP contribution is 2.33. The normalized spacial score (nSPS) is 13.8. The fraction of sp³-hybridized carbons (Fsp3) is 0.300. The molecule has 0 bridgehead atoms. The zero-order valence-electron chi connectivity index (χ0n) is 9.34. The van der Waals surface area contributed by atoms with Crippen LogP contribution in [-0.2, 0) is 18.6 Å². The van der Waals surface area contributed by atoms with Gasteiger partial charge in [0.15, 0.2) is 5.82 Å². The second-order valence-electron chi connectivity index (χ2n) is 3.86. The molecule has 0 spiro atoms. The number of hydrogen-bond acceptors (Lipinski definition) is 6. The van der Waals surface area contributed by atoms with E-state index < -0.39 is 0 Å². The van der Waals surface area contributed by atoms with Crippen LogP contribution in [0.4, 0.5) is 5.82 Å². The van der Waals surface area contributed by atoms with Gasteiger partial charge in [-0.1, -0.05) is 0 Å². The molecule has 0 aliphatic carbocycles. The Kier molecular flexibility index (Phi) is 2.49.